The molecule has 5 heteroatoms. The third-order valence-electron chi connectivity index (χ3n) is 4.93. The van der Waals surface area contributed by atoms with Gasteiger partial charge in [0.1, 0.15) is 5.56 Å². The van der Waals surface area contributed by atoms with E-state index in [1.165, 1.54) is 24.9 Å². The van der Waals surface area contributed by atoms with Crippen molar-refractivity contribution in [3.8, 4) is 0 Å². The van der Waals surface area contributed by atoms with E-state index in [4.69, 9.17) is 4.74 Å². The third kappa shape index (κ3) is 3.28. The molecule has 1 aromatic heterocycles. The molecule has 25 heavy (non-hydrogen) atoms. The SMILES string of the molecule is CCOC(=O)c1cn(CC)c2cc(N3CCCCC3)c(C)cc2c1=O. The van der Waals surface area contributed by atoms with Crippen molar-refractivity contribution in [1.29, 1.82) is 0 Å². The van der Waals surface area contributed by atoms with E-state index in [-0.39, 0.29) is 17.6 Å². The van der Waals surface area contributed by atoms with Crippen LogP contribution in [-0.4, -0.2) is 30.2 Å². The minimum atomic E-state index is -0.547. The maximum atomic E-state index is 12.8. The molecule has 0 unspecified atom stereocenters. The van der Waals surface area contributed by atoms with Gasteiger partial charge in [-0.1, -0.05) is 0 Å². The highest BCUT2D eigenvalue weighted by molar-refractivity contribution is 5.95. The third-order valence-corrected chi connectivity index (χ3v) is 4.93. The molecule has 1 saturated heterocycles. The largest absolute Gasteiger partial charge is 0.462 e. The van der Waals surface area contributed by atoms with Crippen LogP contribution in [0.15, 0.2) is 23.1 Å². The van der Waals surface area contributed by atoms with Gasteiger partial charge in [-0.2, -0.15) is 0 Å². The second kappa shape index (κ2) is 7.30. The minimum Gasteiger partial charge on any atom is -0.462 e. The normalized spacial score (nSPS) is 14.8. The Morgan fingerprint density at radius 1 is 1.16 bits per heavy atom. The fourth-order valence-corrected chi connectivity index (χ4v) is 3.63. The van der Waals surface area contributed by atoms with Gasteiger partial charge in [0.15, 0.2) is 0 Å². The average molecular weight is 342 g/mol. The van der Waals surface area contributed by atoms with Gasteiger partial charge in [-0.3, -0.25) is 4.79 Å². The molecule has 0 aliphatic carbocycles. The van der Waals surface area contributed by atoms with Gasteiger partial charge in [0, 0.05) is 36.9 Å². The summed E-state index contributed by atoms with van der Waals surface area (Å²) < 4.78 is 7.01. The molecule has 3 rings (SSSR count). The molecule has 1 aliphatic heterocycles. The second-order valence-electron chi connectivity index (χ2n) is 6.58. The molecule has 0 atom stereocenters. The lowest BCUT2D eigenvalue weighted by Gasteiger charge is -2.30. The highest BCUT2D eigenvalue weighted by atomic mass is 16.5. The average Bonchev–Trinajstić information content (AvgIpc) is 2.63. The number of ether oxygens (including phenoxy) is 1. The molecule has 0 saturated carbocycles. The standard InChI is InChI=1S/C20H26N2O3/c1-4-21-13-16(20(24)25-5-2)19(23)15-11-14(3)17(12-18(15)21)22-9-7-6-8-10-22/h11-13H,4-10H2,1-3H3. The van der Waals surface area contributed by atoms with E-state index in [1.54, 1.807) is 13.1 Å². The number of esters is 1. The van der Waals surface area contributed by atoms with Crippen LogP contribution in [0.25, 0.3) is 10.9 Å². The monoisotopic (exact) mass is 342 g/mol. The van der Waals surface area contributed by atoms with Gasteiger partial charge >= 0.3 is 5.97 Å². The Kier molecular flexibility index (Phi) is 5.11. The van der Waals surface area contributed by atoms with Crippen molar-refractivity contribution in [3.63, 3.8) is 0 Å². The number of anilines is 1. The van der Waals surface area contributed by atoms with E-state index >= 15 is 0 Å². The Bertz CT molecular complexity index is 848. The Balaban J connectivity index is 2.18. The van der Waals surface area contributed by atoms with Crippen LogP contribution in [0.4, 0.5) is 5.69 Å². The zero-order valence-electron chi connectivity index (χ0n) is 15.3. The molecular formula is C20H26N2O3. The number of rotatable bonds is 4. The zero-order valence-corrected chi connectivity index (χ0v) is 15.3. The first-order valence-corrected chi connectivity index (χ1v) is 9.16. The number of hydrogen-bond donors (Lipinski definition) is 0. The van der Waals surface area contributed by atoms with Crippen LogP contribution in [0.2, 0.25) is 0 Å². The summed E-state index contributed by atoms with van der Waals surface area (Å²) in [5, 5.41) is 0.589. The number of pyridine rings is 1. The maximum Gasteiger partial charge on any atom is 0.343 e. The number of benzene rings is 1. The van der Waals surface area contributed by atoms with Crippen molar-refractivity contribution < 1.29 is 9.53 Å². The molecule has 0 bridgehead atoms. The fraction of sp³-hybridized carbons (Fsp3) is 0.500. The van der Waals surface area contributed by atoms with Crippen LogP contribution >= 0.6 is 0 Å². The zero-order chi connectivity index (χ0) is 18.0. The number of aromatic nitrogens is 1. The molecule has 0 N–H and O–H groups in total. The van der Waals surface area contributed by atoms with E-state index in [2.05, 4.69) is 11.0 Å². The minimum absolute atomic E-state index is 0.112. The first kappa shape index (κ1) is 17.5. The summed E-state index contributed by atoms with van der Waals surface area (Å²) in [6, 6.07) is 4.03. The summed E-state index contributed by atoms with van der Waals surface area (Å²) in [5.41, 5.74) is 3.02. The summed E-state index contributed by atoms with van der Waals surface area (Å²) in [7, 11) is 0. The Morgan fingerprint density at radius 2 is 1.88 bits per heavy atom. The Labute approximate surface area is 148 Å². The number of fused-ring (bicyclic) bond motifs is 1. The molecule has 2 heterocycles. The molecule has 1 fully saturated rings. The van der Waals surface area contributed by atoms with Crippen LogP contribution in [0.1, 0.15) is 49.0 Å². The van der Waals surface area contributed by atoms with Gasteiger partial charge in [0.2, 0.25) is 5.43 Å². The van der Waals surface area contributed by atoms with Crippen LogP contribution in [0, 0.1) is 6.92 Å². The van der Waals surface area contributed by atoms with Gasteiger partial charge in [0.25, 0.3) is 0 Å². The maximum absolute atomic E-state index is 12.8. The van der Waals surface area contributed by atoms with E-state index in [9.17, 15) is 9.59 Å². The summed E-state index contributed by atoms with van der Waals surface area (Å²) in [4.78, 5) is 27.4. The van der Waals surface area contributed by atoms with Crippen molar-refractivity contribution in [2.45, 2.75) is 46.6 Å². The van der Waals surface area contributed by atoms with Crippen molar-refractivity contribution >= 4 is 22.6 Å². The van der Waals surface area contributed by atoms with Gasteiger partial charge in [-0.25, -0.2) is 4.79 Å². The van der Waals surface area contributed by atoms with Crippen LogP contribution < -0.4 is 10.3 Å². The summed E-state index contributed by atoms with van der Waals surface area (Å²) >= 11 is 0. The molecule has 0 amide bonds. The van der Waals surface area contributed by atoms with Crippen molar-refractivity contribution in [1.82, 2.24) is 4.57 Å². The predicted molar refractivity (Wildman–Crippen MR) is 101 cm³/mol. The Hall–Kier alpha value is -2.30. The van der Waals surface area contributed by atoms with Crippen LogP contribution in [0.3, 0.4) is 0 Å². The summed E-state index contributed by atoms with van der Waals surface area (Å²) in [5.74, 6) is -0.547. The fourth-order valence-electron chi connectivity index (χ4n) is 3.63. The number of hydrogen-bond acceptors (Lipinski definition) is 4. The van der Waals surface area contributed by atoms with E-state index in [0.29, 0.717) is 11.9 Å². The van der Waals surface area contributed by atoms with Crippen molar-refractivity contribution in [3.05, 3.63) is 39.7 Å². The van der Waals surface area contributed by atoms with Crippen LogP contribution in [-0.2, 0) is 11.3 Å². The van der Waals surface area contributed by atoms with Gasteiger partial charge < -0.3 is 14.2 Å². The van der Waals surface area contributed by atoms with Gasteiger partial charge in [-0.05, 0) is 57.7 Å². The molecular weight excluding hydrogens is 316 g/mol. The second-order valence-corrected chi connectivity index (χ2v) is 6.58. The topological polar surface area (TPSA) is 51.5 Å². The summed E-state index contributed by atoms with van der Waals surface area (Å²) in [6.07, 6.45) is 5.34. The first-order chi connectivity index (χ1) is 12.1. The van der Waals surface area contributed by atoms with E-state index in [1.807, 2.05) is 24.5 Å². The van der Waals surface area contributed by atoms with Crippen molar-refractivity contribution in [2.24, 2.45) is 0 Å². The van der Waals surface area contributed by atoms with Gasteiger partial charge in [-0.15, -0.1) is 0 Å². The molecule has 0 spiro atoms. The molecule has 0 radical (unpaired) electrons. The lowest BCUT2D eigenvalue weighted by Crippen LogP contribution is -2.30. The lowest BCUT2D eigenvalue weighted by atomic mass is 10.0. The first-order valence-electron chi connectivity index (χ1n) is 9.16. The smallest absolute Gasteiger partial charge is 0.343 e. The summed E-state index contributed by atoms with van der Waals surface area (Å²) in [6.45, 7) is 8.86. The number of carbonyl (C=O) groups excluding carboxylic acids is 1. The molecule has 1 aliphatic rings. The van der Waals surface area contributed by atoms with Crippen LogP contribution in [0.5, 0.6) is 0 Å². The number of carbonyl (C=O) groups is 1. The number of nitrogens with zero attached hydrogens (tertiary/aromatic N) is 2. The van der Waals surface area contributed by atoms with E-state index in [0.717, 1.165) is 24.2 Å². The number of piperidine rings is 1. The predicted octanol–water partition coefficient (Wildman–Crippen LogP) is 3.50. The number of aryl methyl sites for hydroxylation is 2. The van der Waals surface area contributed by atoms with Crippen molar-refractivity contribution in [2.75, 3.05) is 24.6 Å². The highest BCUT2D eigenvalue weighted by Crippen LogP contribution is 2.28. The van der Waals surface area contributed by atoms with Gasteiger partial charge in [0.05, 0.1) is 12.1 Å². The molecule has 134 valence electrons. The lowest BCUT2D eigenvalue weighted by molar-refractivity contribution is 0.0524. The molecule has 1 aromatic carbocycles. The molecule has 5 nitrogen and oxygen atoms in total. The quantitative estimate of drug-likeness (QED) is 0.798. The molecule has 2 aromatic rings. The highest BCUT2D eigenvalue weighted by Gasteiger charge is 2.19. The Morgan fingerprint density at radius 3 is 2.52 bits per heavy atom. The van der Waals surface area contributed by atoms with E-state index < -0.39 is 5.97 Å².